The Morgan fingerprint density at radius 1 is 1.50 bits per heavy atom. The van der Waals surface area contributed by atoms with E-state index >= 15 is 0 Å². The molecule has 2 rings (SSSR count). The van der Waals surface area contributed by atoms with Gasteiger partial charge in [-0.3, -0.25) is 4.79 Å². The number of halogens is 2. The number of nitrogens with one attached hydrogen (secondary N) is 1. The molecule has 2 aromatic heterocycles. The highest BCUT2D eigenvalue weighted by Gasteiger charge is 2.17. The van der Waals surface area contributed by atoms with Crippen LogP contribution < -0.4 is 5.56 Å². The number of aryl methyl sites for hydroxylation is 1. The number of carboxylic acid groups (broad SMARTS) is 1. The van der Waals surface area contributed by atoms with Crippen LogP contribution in [0.4, 0.5) is 0 Å². The number of hydrogen-bond acceptors (Lipinski definition) is 4. The van der Waals surface area contributed by atoms with Gasteiger partial charge in [-0.2, -0.15) is 0 Å². The molecule has 94 valence electrons. The summed E-state index contributed by atoms with van der Waals surface area (Å²) in [5.74, 6) is -0.935. The minimum Gasteiger partial charge on any atom is -0.477 e. The predicted octanol–water partition coefficient (Wildman–Crippen LogP) is 3.03. The van der Waals surface area contributed by atoms with Gasteiger partial charge < -0.3 is 10.1 Å². The van der Waals surface area contributed by atoms with E-state index in [-0.39, 0.29) is 11.3 Å². The van der Waals surface area contributed by atoms with Crippen LogP contribution in [0.3, 0.4) is 0 Å². The van der Waals surface area contributed by atoms with E-state index < -0.39 is 11.5 Å². The molecule has 0 unspecified atom stereocenters. The van der Waals surface area contributed by atoms with Gasteiger partial charge in [-0.15, -0.1) is 11.3 Å². The van der Waals surface area contributed by atoms with Crippen molar-refractivity contribution in [3.05, 3.63) is 35.3 Å². The summed E-state index contributed by atoms with van der Waals surface area (Å²) in [6, 6.07) is 1.80. The molecule has 0 fully saturated rings. The summed E-state index contributed by atoms with van der Waals surface area (Å²) in [6.45, 7) is 1.50. The minimum atomic E-state index is -1.28. The van der Waals surface area contributed by atoms with Crippen LogP contribution in [0.25, 0.3) is 11.4 Å². The number of rotatable bonds is 2. The van der Waals surface area contributed by atoms with Crippen LogP contribution in [0.1, 0.15) is 16.1 Å². The summed E-state index contributed by atoms with van der Waals surface area (Å²) in [5, 5.41) is 8.89. The average Bonchev–Trinajstić information content (AvgIpc) is 2.56. The van der Waals surface area contributed by atoms with Crippen molar-refractivity contribution in [3.63, 3.8) is 0 Å². The summed E-state index contributed by atoms with van der Waals surface area (Å²) in [5.41, 5.74) is -0.0807. The van der Waals surface area contributed by atoms with Gasteiger partial charge in [0.25, 0.3) is 5.56 Å². The Kier molecular flexibility index (Phi) is 3.69. The van der Waals surface area contributed by atoms with E-state index in [0.717, 1.165) is 7.57 Å². The molecule has 2 aromatic rings. The molecular weight excluding hydrogens is 388 g/mol. The third-order valence-electron chi connectivity index (χ3n) is 2.23. The first-order valence-electron chi connectivity index (χ1n) is 4.69. The van der Waals surface area contributed by atoms with E-state index in [1.807, 2.05) is 0 Å². The molecule has 5 nitrogen and oxygen atoms in total. The van der Waals surface area contributed by atoms with Gasteiger partial charge in [-0.25, -0.2) is 9.78 Å². The molecule has 0 aliphatic heterocycles. The van der Waals surface area contributed by atoms with Crippen molar-refractivity contribution in [2.75, 3.05) is 0 Å². The molecule has 8 heteroatoms. The van der Waals surface area contributed by atoms with Gasteiger partial charge in [0.2, 0.25) is 0 Å². The fourth-order valence-corrected chi connectivity index (χ4v) is 4.27. The van der Waals surface area contributed by atoms with Crippen LogP contribution in [-0.4, -0.2) is 21.0 Å². The zero-order valence-electron chi connectivity index (χ0n) is 8.95. The SMILES string of the molecule is Cc1nc(-c2cc(Br)sc2Br)[nH]c(=O)c1C(=O)O. The number of carbonyl (C=O) groups is 1. The third kappa shape index (κ3) is 2.40. The molecular formula is C10H6Br2N2O3S. The highest BCUT2D eigenvalue weighted by molar-refractivity contribution is 9.12. The summed E-state index contributed by atoms with van der Waals surface area (Å²) < 4.78 is 1.69. The largest absolute Gasteiger partial charge is 0.477 e. The fourth-order valence-electron chi connectivity index (χ4n) is 1.47. The Morgan fingerprint density at radius 2 is 2.17 bits per heavy atom. The van der Waals surface area contributed by atoms with Gasteiger partial charge in [0.15, 0.2) is 0 Å². The maximum absolute atomic E-state index is 11.7. The lowest BCUT2D eigenvalue weighted by molar-refractivity contribution is 0.0693. The zero-order valence-corrected chi connectivity index (χ0v) is 12.9. The summed E-state index contributed by atoms with van der Waals surface area (Å²) in [4.78, 5) is 29.2. The summed E-state index contributed by atoms with van der Waals surface area (Å²) >= 11 is 8.13. The second-order valence-corrected chi connectivity index (χ2v) is 7.17. The first-order valence-corrected chi connectivity index (χ1v) is 7.10. The number of aromatic amines is 1. The van der Waals surface area contributed by atoms with E-state index in [4.69, 9.17) is 5.11 Å². The molecule has 0 saturated carbocycles. The van der Waals surface area contributed by atoms with Crippen molar-refractivity contribution in [1.82, 2.24) is 9.97 Å². The van der Waals surface area contributed by atoms with E-state index in [0.29, 0.717) is 11.4 Å². The molecule has 0 atom stereocenters. The number of carboxylic acids is 1. The number of aromatic carboxylic acids is 1. The highest BCUT2D eigenvalue weighted by Crippen LogP contribution is 2.36. The van der Waals surface area contributed by atoms with E-state index in [2.05, 4.69) is 41.8 Å². The molecule has 0 amide bonds. The number of H-pyrrole nitrogens is 1. The molecule has 0 spiro atoms. The fraction of sp³-hybridized carbons (Fsp3) is 0.100. The minimum absolute atomic E-state index is 0.190. The molecule has 2 N–H and O–H groups in total. The molecule has 0 aliphatic carbocycles. The number of aromatic nitrogens is 2. The Balaban J connectivity index is 2.66. The zero-order chi connectivity index (χ0) is 13.4. The molecule has 18 heavy (non-hydrogen) atoms. The Hall–Kier alpha value is -0.990. The molecule has 0 saturated heterocycles. The van der Waals surface area contributed by atoms with Crippen molar-refractivity contribution in [2.24, 2.45) is 0 Å². The van der Waals surface area contributed by atoms with Crippen molar-refractivity contribution in [3.8, 4) is 11.4 Å². The van der Waals surface area contributed by atoms with Crippen LogP contribution in [0.2, 0.25) is 0 Å². The Bertz CT molecular complexity index is 693. The second-order valence-electron chi connectivity index (χ2n) is 3.42. The van der Waals surface area contributed by atoms with E-state index in [1.165, 1.54) is 18.3 Å². The second kappa shape index (κ2) is 4.94. The van der Waals surface area contributed by atoms with Gasteiger partial charge in [0.05, 0.1) is 13.3 Å². The standard InChI is InChI=1S/C10H6Br2N2O3S/c1-3-6(10(16)17)9(15)14-8(13-3)4-2-5(11)18-7(4)12/h2H,1H3,(H,16,17)(H,13,14,15). The monoisotopic (exact) mass is 392 g/mol. The van der Waals surface area contributed by atoms with Gasteiger partial charge in [-0.05, 0) is 44.8 Å². The molecule has 0 radical (unpaired) electrons. The predicted molar refractivity (Wildman–Crippen MR) is 75.3 cm³/mol. The maximum Gasteiger partial charge on any atom is 0.343 e. The lowest BCUT2D eigenvalue weighted by Crippen LogP contribution is -2.21. The van der Waals surface area contributed by atoms with Crippen LogP contribution in [-0.2, 0) is 0 Å². The summed E-state index contributed by atoms with van der Waals surface area (Å²) in [7, 11) is 0. The first kappa shape index (κ1) is 13.4. The normalized spacial score (nSPS) is 10.6. The lowest BCUT2D eigenvalue weighted by Gasteiger charge is -2.03. The van der Waals surface area contributed by atoms with Crippen LogP contribution >= 0.6 is 43.2 Å². The van der Waals surface area contributed by atoms with Crippen LogP contribution in [0.5, 0.6) is 0 Å². The first-order chi connectivity index (χ1) is 8.40. The van der Waals surface area contributed by atoms with Gasteiger partial charge in [0.1, 0.15) is 11.4 Å². The summed E-state index contributed by atoms with van der Waals surface area (Å²) in [6.07, 6.45) is 0. The van der Waals surface area contributed by atoms with E-state index in [1.54, 1.807) is 6.07 Å². The lowest BCUT2D eigenvalue weighted by atomic mass is 10.2. The molecule has 0 aromatic carbocycles. The molecule has 0 bridgehead atoms. The highest BCUT2D eigenvalue weighted by atomic mass is 79.9. The van der Waals surface area contributed by atoms with Crippen molar-refractivity contribution < 1.29 is 9.90 Å². The quantitative estimate of drug-likeness (QED) is 0.821. The topological polar surface area (TPSA) is 83.0 Å². The number of nitrogens with zero attached hydrogens (tertiary/aromatic N) is 1. The van der Waals surface area contributed by atoms with Crippen LogP contribution in [0, 0.1) is 6.92 Å². The van der Waals surface area contributed by atoms with Crippen molar-refractivity contribution >= 4 is 49.2 Å². The van der Waals surface area contributed by atoms with Crippen molar-refractivity contribution in [1.29, 1.82) is 0 Å². The van der Waals surface area contributed by atoms with Crippen LogP contribution in [0.15, 0.2) is 18.4 Å². The molecule has 2 heterocycles. The average molecular weight is 394 g/mol. The Morgan fingerprint density at radius 3 is 2.61 bits per heavy atom. The Labute approximate surface area is 122 Å². The van der Waals surface area contributed by atoms with Crippen molar-refractivity contribution in [2.45, 2.75) is 6.92 Å². The van der Waals surface area contributed by atoms with Gasteiger partial charge >= 0.3 is 5.97 Å². The van der Waals surface area contributed by atoms with Gasteiger partial charge in [-0.1, -0.05) is 0 Å². The smallest absolute Gasteiger partial charge is 0.343 e. The number of hydrogen-bond donors (Lipinski definition) is 2. The van der Waals surface area contributed by atoms with Gasteiger partial charge in [0, 0.05) is 5.56 Å². The maximum atomic E-state index is 11.7. The number of thiophene rings is 1. The third-order valence-corrected chi connectivity index (χ3v) is 4.57. The molecule has 0 aliphatic rings. The van der Waals surface area contributed by atoms with E-state index in [9.17, 15) is 9.59 Å².